The van der Waals surface area contributed by atoms with Gasteiger partial charge in [-0.15, -0.1) is 0 Å². The lowest BCUT2D eigenvalue weighted by molar-refractivity contribution is -0.156. The Labute approximate surface area is 173 Å². The molecule has 0 aliphatic heterocycles. The highest BCUT2D eigenvalue weighted by atomic mass is 16.4. The van der Waals surface area contributed by atoms with Crippen LogP contribution in [0.1, 0.15) is 87.7 Å². The Balaban J connectivity index is 1.26. The molecule has 0 spiro atoms. The molecule has 29 heavy (non-hydrogen) atoms. The van der Waals surface area contributed by atoms with E-state index in [-0.39, 0.29) is 5.54 Å². The summed E-state index contributed by atoms with van der Waals surface area (Å²) < 4.78 is 0. The van der Waals surface area contributed by atoms with Crippen molar-refractivity contribution in [2.75, 3.05) is 0 Å². The molecule has 2 aromatic rings. The topological polar surface area (TPSA) is 49.3 Å². The summed E-state index contributed by atoms with van der Waals surface area (Å²) in [5, 5.41) is 16.1. The molecule has 0 heterocycles. The Hall–Kier alpha value is -1.87. The van der Waals surface area contributed by atoms with Crippen molar-refractivity contribution in [3.05, 3.63) is 47.5 Å². The number of nitrogens with one attached hydrogen (secondary N) is 1. The summed E-state index contributed by atoms with van der Waals surface area (Å²) in [6.45, 7) is 0.875. The maximum Gasteiger partial charge on any atom is 0.309 e. The van der Waals surface area contributed by atoms with E-state index in [4.69, 9.17) is 0 Å². The van der Waals surface area contributed by atoms with Crippen molar-refractivity contribution in [3.63, 3.8) is 0 Å². The van der Waals surface area contributed by atoms with Gasteiger partial charge in [-0.05, 0) is 85.3 Å². The maximum absolute atomic E-state index is 11.6. The molecule has 0 aromatic heterocycles. The van der Waals surface area contributed by atoms with E-state index in [1.807, 2.05) is 0 Å². The molecule has 0 unspecified atom stereocenters. The van der Waals surface area contributed by atoms with Crippen LogP contribution >= 0.6 is 0 Å². The number of rotatable bonds is 5. The molecular weight excluding hydrogens is 358 g/mol. The van der Waals surface area contributed by atoms with E-state index < -0.39 is 11.4 Å². The molecular formula is C26H33NO2. The predicted octanol–water partition coefficient (Wildman–Crippen LogP) is 6.15. The summed E-state index contributed by atoms with van der Waals surface area (Å²) in [6.07, 6.45) is 12.3. The lowest BCUT2D eigenvalue weighted by Crippen LogP contribution is -2.56. The molecule has 0 radical (unpaired) electrons. The third kappa shape index (κ3) is 3.59. The minimum atomic E-state index is -0.576. The fourth-order valence-corrected chi connectivity index (χ4v) is 6.17. The highest BCUT2D eigenvalue weighted by Gasteiger charge is 2.52. The van der Waals surface area contributed by atoms with Gasteiger partial charge in [0.2, 0.25) is 0 Å². The van der Waals surface area contributed by atoms with E-state index in [1.54, 1.807) is 0 Å². The number of carbonyl (C=O) groups is 1. The Morgan fingerprint density at radius 3 is 2.24 bits per heavy atom. The van der Waals surface area contributed by atoms with Crippen LogP contribution in [0.5, 0.6) is 0 Å². The van der Waals surface area contributed by atoms with Crippen molar-refractivity contribution in [3.8, 4) is 0 Å². The molecule has 0 atom stereocenters. The number of fused-ring (bicyclic) bond motifs is 4. The molecule has 6 rings (SSSR count). The molecule has 0 saturated heterocycles. The Kier molecular flexibility index (Phi) is 4.90. The van der Waals surface area contributed by atoms with Crippen molar-refractivity contribution < 1.29 is 9.90 Å². The third-order valence-electron chi connectivity index (χ3n) is 8.37. The molecule has 2 bridgehead atoms. The van der Waals surface area contributed by atoms with Crippen LogP contribution in [0.25, 0.3) is 10.8 Å². The second kappa shape index (κ2) is 7.43. The first kappa shape index (κ1) is 19.1. The summed E-state index contributed by atoms with van der Waals surface area (Å²) in [4.78, 5) is 11.6. The number of carboxylic acid groups (broad SMARTS) is 1. The van der Waals surface area contributed by atoms with Gasteiger partial charge in [-0.2, -0.15) is 0 Å². The van der Waals surface area contributed by atoms with Gasteiger partial charge in [0.15, 0.2) is 0 Å². The molecule has 2 aromatic carbocycles. The average molecular weight is 392 g/mol. The highest BCUT2D eigenvalue weighted by Crippen LogP contribution is 2.52. The Morgan fingerprint density at radius 2 is 1.55 bits per heavy atom. The molecule has 4 aliphatic rings. The van der Waals surface area contributed by atoms with Crippen molar-refractivity contribution in [1.82, 2.24) is 5.32 Å². The van der Waals surface area contributed by atoms with Crippen molar-refractivity contribution in [1.29, 1.82) is 0 Å². The van der Waals surface area contributed by atoms with Crippen molar-refractivity contribution in [2.24, 2.45) is 5.41 Å². The monoisotopic (exact) mass is 391 g/mol. The first-order chi connectivity index (χ1) is 14.1. The minimum Gasteiger partial charge on any atom is -0.481 e. The van der Waals surface area contributed by atoms with Gasteiger partial charge >= 0.3 is 5.97 Å². The predicted molar refractivity (Wildman–Crippen MR) is 117 cm³/mol. The van der Waals surface area contributed by atoms with Gasteiger partial charge < -0.3 is 10.4 Å². The van der Waals surface area contributed by atoms with Crippen LogP contribution in [0.3, 0.4) is 0 Å². The van der Waals surface area contributed by atoms with E-state index in [0.717, 1.165) is 51.0 Å². The van der Waals surface area contributed by atoms with E-state index in [2.05, 4.69) is 41.7 Å². The summed E-state index contributed by atoms with van der Waals surface area (Å²) in [6, 6.07) is 14.0. The quantitative estimate of drug-likeness (QED) is 0.642. The second-order valence-electron chi connectivity index (χ2n) is 10.00. The van der Waals surface area contributed by atoms with Crippen LogP contribution in [0.2, 0.25) is 0 Å². The number of aliphatic carboxylic acids is 1. The SMILES string of the molecule is O=C(O)C12CCC(NCc3ccc4cc(C5CCCCC5)ccc4c3)(CC1)CC2. The van der Waals surface area contributed by atoms with E-state index in [9.17, 15) is 9.90 Å². The summed E-state index contributed by atoms with van der Waals surface area (Å²) in [7, 11) is 0. The van der Waals surface area contributed by atoms with Crippen LogP contribution < -0.4 is 5.32 Å². The zero-order valence-electron chi connectivity index (χ0n) is 17.4. The maximum atomic E-state index is 11.6. The van der Waals surface area contributed by atoms with Crippen LogP contribution in [-0.2, 0) is 11.3 Å². The summed E-state index contributed by atoms with van der Waals surface area (Å²) in [5.41, 5.74) is 2.57. The number of hydrogen-bond acceptors (Lipinski definition) is 2. The molecule has 154 valence electrons. The largest absolute Gasteiger partial charge is 0.481 e. The number of hydrogen-bond donors (Lipinski definition) is 2. The third-order valence-corrected chi connectivity index (χ3v) is 8.37. The molecule has 2 N–H and O–H groups in total. The van der Waals surface area contributed by atoms with Crippen LogP contribution in [0.15, 0.2) is 36.4 Å². The highest BCUT2D eigenvalue weighted by molar-refractivity contribution is 5.84. The molecule has 4 saturated carbocycles. The summed E-state index contributed by atoms with van der Waals surface area (Å²) >= 11 is 0. The zero-order valence-corrected chi connectivity index (χ0v) is 17.4. The fourth-order valence-electron chi connectivity index (χ4n) is 6.17. The molecule has 3 nitrogen and oxygen atoms in total. The average Bonchev–Trinajstić information content (AvgIpc) is 2.79. The number of carboxylic acids is 1. The number of benzene rings is 2. The van der Waals surface area contributed by atoms with Gasteiger partial charge in [0.25, 0.3) is 0 Å². The van der Waals surface area contributed by atoms with Gasteiger partial charge in [-0.25, -0.2) is 0 Å². The molecule has 3 heteroatoms. The summed E-state index contributed by atoms with van der Waals surface area (Å²) in [5.74, 6) is 0.178. The lowest BCUT2D eigenvalue weighted by Gasteiger charge is -2.51. The van der Waals surface area contributed by atoms with Crippen LogP contribution in [0, 0.1) is 5.41 Å². The fraction of sp³-hybridized carbons (Fsp3) is 0.577. The van der Waals surface area contributed by atoms with Gasteiger partial charge in [-0.3, -0.25) is 4.79 Å². The minimum absolute atomic E-state index is 0.150. The Morgan fingerprint density at radius 1 is 0.897 bits per heavy atom. The Bertz CT molecular complexity index is 888. The standard InChI is InChI=1S/C26H33NO2/c28-24(29)25-10-13-26(14-11-25,15-12-25)27-18-19-6-7-23-17-22(9-8-21(23)16-19)20-4-2-1-3-5-20/h6-9,16-17,20,27H,1-5,10-15,18H2,(H,28,29). The van der Waals surface area contributed by atoms with E-state index >= 15 is 0 Å². The van der Waals surface area contributed by atoms with Gasteiger partial charge in [0, 0.05) is 12.1 Å². The van der Waals surface area contributed by atoms with Crippen molar-refractivity contribution >= 4 is 16.7 Å². The van der Waals surface area contributed by atoms with E-state index in [0.29, 0.717) is 0 Å². The molecule has 0 amide bonds. The first-order valence-corrected chi connectivity index (χ1v) is 11.6. The molecule has 4 fully saturated rings. The van der Waals surface area contributed by atoms with Crippen LogP contribution in [0.4, 0.5) is 0 Å². The first-order valence-electron chi connectivity index (χ1n) is 11.6. The van der Waals surface area contributed by atoms with Gasteiger partial charge in [0.05, 0.1) is 5.41 Å². The second-order valence-corrected chi connectivity index (χ2v) is 10.00. The normalized spacial score (nSPS) is 29.9. The van der Waals surface area contributed by atoms with Crippen LogP contribution in [-0.4, -0.2) is 16.6 Å². The smallest absolute Gasteiger partial charge is 0.309 e. The van der Waals surface area contributed by atoms with Gasteiger partial charge in [0.1, 0.15) is 0 Å². The lowest BCUT2D eigenvalue weighted by atomic mass is 9.57. The van der Waals surface area contributed by atoms with Crippen molar-refractivity contribution in [2.45, 2.75) is 88.6 Å². The molecule has 4 aliphatic carbocycles. The van der Waals surface area contributed by atoms with Gasteiger partial charge in [-0.1, -0.05) is 49.6 Å². The zero-order chi connectivity index (χ0) is 19.9. The van der Waals surface area contributed by atoms with E-state index in [1.165, 1.54) is 54.0 Å².